The molecule has 3 aromatic carbocycles. The average molecular weight is 320 g/mol. The third kappa shape index (κ3) is 4.53. The lowest BCUT2D eigenvalue weighted by molar-refractivity contribution is 0.302. The van der Waals surface area contributed by atoms with E-state index in [2.05, 4.69) is 0 Å². The van der Waals surface area contributed by atoms with Gasteiger partial charge < -0.3 is 14.6 Å². The van der Waals surface area contributed by atoms with Crippen molar-refractivity contribution in [3.63, 3.8) is 0 Å². The van der Waals surface area contributed by atoms with Crippen LogP contribution in [0.3, 0.4) is 0 Å². The molecule has 0 fully saturated rings. The molecule has 0 aliphatic carbocycles. The summed E-state index contributed by atoms with van der Waals surface area (Å²) in [6, 6.07) is 25.0. The van der Waals surface area contributed by atoms with Gasteiger partial charge in [-0.05, 0) is 41.5 Å². The van der Waals surface area contributed by atoms with E-state index >= 15 is 0 Å². The Bertz CT molecular complexity index is 752. The normalized spacial score (nSPS) is 10.3. The Kier molecular flexibility index (Phi) is 5.36. The Morgan fingerprint density at radius 1 is 0.667 bits per heavy atom. The standard InChI is InChI=1S/C21H20O3/c22-21-9-5-4-8-18(21)14-15-23-19-10-12-20(13-11-19)24-16-17-6-2-1-3-7-17/h1-13,22H,14-16H2. The van der Waals surface area contributed by atoms with Crippen LogP contribution < -0.4 is 9.47 Å². The molecular weight excluding hydrogens is 300 g/mol. The zero-order chi connectivity index (χ0) is 16.6. The maximum absolute atomic E-state index is 9.73. The minimum atomic E-state index is 0.311. The summed E-state index contributed by atoms with van der Waals surface area (Å²) in [5, 5.41) is 9.73. The topological polar surface area (TPSA) is 38.7 Å². The van der Waals surface area contributed by atoms with Crippen molar-refractivity contribution in [3.8, 4) is 17.2 Å². The number of phenolic OH excluding ortho intramolecular Hbond substituents is 1. The summed E-state index contributed by atoms with van der Waals surface area (Å²) < 4.78 is 11.5. The van der Waals surface area contributed by atoms with E-state index in [-0.39, 0.29) is 0 Å². The van der Waals surface area contributed by atoms with Gasteiger partial charge in [0.15, 0.2) is 0 Å². The fraction of sp³-hybridized carbons (Fsp3) is 0.143. The van der Waals surface area contributed by atoms with Crippen LogP contribution >= 0.6 is 0 Å². The van der Waals surface area contributed by atoms with Gasteiger partial charge in [0.25, 0.3) is 0 Å². The molecule has 0 bridgehead atoms. The van der Waals surface area contributed by atoms with Gasteiger partial charge in [-0.25, -0.2) is 0 Å². The molecule has 0 aromatic heterocycles. The molecule has 1 N–H and O–H groups in total. The molecule has 0 radical (unpaired) electrons. The van der Waals surface area contributed by atoms with Gasteiger partial charge in [-0.1, -0.05) is 48.5 Å². The van der Waals surface area contributed by atoms with Gasteiger partial charge in [-0.2, -0.15) is 0 Å². The smallest absolute Gasteiger partial charge is 0.120 e. The van der Waals surface area contributed by atoms with Gasteiger partial charge in [0.2, 0.25) is 0 Å². The molecule has 0 aliphatic heterocycles. The quantitative estimate of drug-likeness (QED) is 0.692. The first kappa shape index (κ1) is 15.9. The third-order valence-corrected chi connectivity index (χ3v) is 3.70. The van der Waals surface area contributed by atoms with Gasteiger partial charge in [-0.3, -0.25) is 0 Å². The largest absolute Gasteiger partial charge is 0.508 e. The second-order valence-corrected chi connectivity index (χ2v) is 5.47. The van der Waals surface area contributed by atoms with Crippen LogP contribution in [-0.2, 0) is 13.0 Å². The molecule has 122 valence electrons. The van der Waals surface area contributed by atoms with Crippen LogP contribution in [0.15, 0.2) is 78.9 Å². The zero-order valence-electron chi connectivity index (χ0n) is 13.4. The molecule has 0 unspecified atom stereocenters. The van der Waals surface area contributed by atoms with Crippen LogP contribution in [0.4, 0.5) is 0 Å². The number of hydrogen-bond donors (Lipinski definition) is 1. The molecule has 0 aliphatic rings. The summed E-state index contributed by atoms with van der Waals surface area (Å²) in [6.45, 7) is 1.07. The zero-order valence-corrected chi connectivity index (χ0v) is 13.4. The number of rotatable bonds is 7. The van der Waals surface area contributed by atoms with E-state index in [0.717, 1.165) is 22.6 Å². The maximum atomic E-state index is 9.73. The molecule has 0 amide bonds. The van der Waals surface area contributed by atoms with Crippen LogP contribution in [0, 0.1) is 0 Å². The molecule has 0 saturated heterocycles. The van der Waals surface area contributed by atoms with Gasteiger partial charge in [0, 0.05) is 6.42 Å². The van der Waals surface area contributed by atoms with Crippen LogP contribution in [0.1, 0.15) is 11.1 Å². The Labute approximate surface area is 142 Å². The predicted octanol–water partition coefficient (Wildman–Crippen LogP) is 4.59. The number of phenols is 1. The summed E-state index contributed by atoms with van der Waals surface area (Å²) in [7, 11) is 0. The number of aromatic hydroxyl groups is 1. The van der Waals surface area contributed by atoms with Gasteiger partial charge in [0.1, 0.15) is 23.9 Å². The molecule has 3 heteroatoms. The highest BCUT2D eigenvalue weighted by molar-refractivity contribution is 5.33. The van der Waals surface area contributed by atoms with Gasteiger partial charge in [0.05, 0.1) is 6.61 Å². The number of para-hydroxylation sites is 1. The molecule has 3 rings (SSSR count). The highest BCUT2D eigenvalue weighted by atomic mass is 16.5. The van der Waals surface area contributed by atoms with Crippen molar-refractivity contribution in [1.82, 2.24) is 0 Å². The summed E-state index contributed by atoms with van der Waals surface area (Å²) in [6.07, 6.45) is 0.666. The molecular formula is C21H20O3. The number of benzene rings is 3. The van der Waals surface area contributed by atoms with Gasteiger partial charge in [-0.15, -0.1) is 0 Å². The predicted molar refractivity (Wildman–Crippen MR) is 94.5 cm³/mol. The molecule has 0 heterocycles. The maximum Gasteiger partial charge on any atom is 0.120 e. The van der Waals surface area contributed by atoms with Crippen molar-refractivity contribution in [2.24, 2.45) is 0 Å². The lowest BCUT2D eigenvalue weighted by Crippen LogP contribution is -2.01. The van der Waals surface area contributed by atoms with Crippen LogP contribution in [-0.4, -0.2) is 11.7 Å². The number of ether oxygens (including phenoxy) is 2. The number of hydrogen-bond acceptors (Lipinski definition) is 3. The summed E-state index contributed by atoms with van der Waals surface area (Å²) in [5.41, 5.74) is 2.03. The Hall–Kier alpha value is -2.94. The fourth-order valence-electron chi connectivity index (χ4n) is 2.37. The van der Waals surface area contributed by atoms with Crippen molar-refractivity contribution >= 4 is 0 Å². The second kappa shape index (κ2) is 8.06. The van der Waals surface area contributed by atoms with Crippen molar-refractivity contribution in [2.75, 3.05) is 6.61 Å². The first-order valence-electron chi connectivity index (χ1n) is 7.98. The van der Waals surface area contributed by atoms with Crippen molar-refractivity contribution < 1.29 is 14.6 Å². The van der Waals surface area contributed by atoms with Crippen molar-refractivity contribution in [3.05, 3.63) is 90.0 Å². The Balaban J connectivity index is 1.47. The van der Waals surface area contributed by atoms with E-state index in [0.29, 0.717) is 25.4 Å². The van der Waals surface area contributed by atoms with E-state index < -0.39 is 0 Å². The molecule has 3 nitrogen and oxygen atoms in total. The first-order chi connectivity index (χ1) is 11.8. The van der Waals surface area contributed by atoms with E-state index in [4.69, 9.17) is 9.47 Å². The Morgan fingerprint density at radius 2 is 1.29 bits per heavy atom. The third-order valence-electron chi connectivity index (χ3n) is 3.70. The van der Waals surface area contributed by atoms with Crippen molar-refractivity contribution in [1.29, 1.82) is 0 Å². The fourth-order valence-corrected chi connectivity index (χ4v) is 2.37. The molecule has 0 saturated carbocycles. The van der Waals surface area contributed by atoms with Crippen LogP contribution in [0.25, 0.3) is 0 Å². The van der Waals surface area contributed by atoms with E-state index in [1.54, 1.807) is 6.07 Å². The molecule has 0 spiro atoms. The van der Waals surface area contributed by atoms with Crippen molar-refractivity contribution in [2.45, 2.75) is 13.0 Å². The first-order valence-corrected chi connectivity index (χ1v) is 7.98. The van der Waals surface area contributed by atoms with E-state index in [9.17, 15) is 5.11 Å². The minimum absolute atomic E-state index is 0.311. The lowest BCUT2D eigenvalue weighted by Gasteiger charge is -2.09. The molecule has 3 aromatic rings. The monoisotopic (exact) mass is 320 g/mol. The highest BCUT2D eigenvalue weighted by Crippen LogP contribution is 2.20. The Morgan fingerprint density at radius 3 is 2.00 bits per heavy atom. The average Bonchev–Trinajstić information content (AvgIpc) is 2.63. The minimum Gasteiger partial charge on any atom is -0.508 e. The van der Waals surface area contributed by atoms with E-state index in [1.807, 2.05) is 72.8 Å². The summed E-state index contributed by atoms with van der Waals surface area (Å²) in [4.78, 5) is 0. The summed E-state index contributed by atoms with van der Waals surface area (Å²) in [5.74, 6) is 1.91. The highest BCUT2D eigenvalue weighted by Gasteiger charge is 2.01. The van der Waals surface area contributed by atoms with Crippen LogP contribution in [0.5, 0.6) is 17.2 Å². The second-order valence-electron chi connectivity index (χ2n) is 5.47. The van der Waals surface area contributed by atoms with Gasteiger partial charge >= 0.3 is 0 Å². The van der Waals surface area contributed by atoms with Crippen LogP contribution in [0.2, 0.25) is 0 Å². The SMILES string of the molecule is Oc1ccccc1CCOc1ccc(OCc2ccccc2)cc1. The lowest BCUT2D eigenvalue weighted by atomic mass is 10.1. The molecule has 24 heavy (non-hydrogen) atoms. The molecule has 0 atom stereocenters. The van der Waals surface area contributed by atoms with E-state index in [1.165, 1.54) is 0 Å². The summed E-state index contributed by atoms with van der Waals surface area (Å²) >= 11 is 0.